The Labute approximate surface area is 154 Å². The third-order valence-electron chi connectivity index (χ3n) is 4.54. The molecule has 1 atom stereocenters. The highest BCUT2D eigenvalue weighted by Gasteiger charge is 2.31. The van der Waals surface area contributed by atoms with E-state index in [-0.39, 0.29) is 35.9 Å². The second kappa shape index (κ2) is 7.59. The topological polar surface area (TPSA) is 58.8 Å². The Kier molecular flexibility index (Phi) is 5.41. The molecule has 2 heterocycles. The lowest BCUT2D eigenvalue weighted by atomic mass is 10.2. The minimum absolute atomic E-state index is 0.0452. The first kappa shape index (κ1) is 19.2. The molecule has 0 N–H and O–H groups in total. The summed E-state index contributed by atoms with van der Waals surface area (Å²) in [6, 6.07) is 4.79. The first-order chi connectivity index (χ1) is 12.7. The van der Waals surface area contributed by atoms with Crippen molar-refractivity contribution in [3.8, 4) is 5.75 Å². The lowest BCUT2D eigenvalue weighted by Crippen LogP contribution is -2.52. The van der Waals surface area contributed by atoms with Crippen molar-refractivity contribution in [2.24, 2.45) is 0 Å². The van der Waals surface area contributed by atoms with Crippen LogP contribution in [0.15, 0.2) is 34.9 Å². The van der Waals surface area contributed by atoms with Gasteiger partial charge in [-0.1, -0.05) is 6.07 Å². The van der Waals surface area contributed by atoms with Crippen molar-refractivity contribution in [2.45, 2.75) is 25.7 Å². The van der Waals surface area contributed by atoms with Gasteiger partial charge in [0.1, 0.15) is 12.0 Å². The summed E-state index contributed by atoms with van der Waals surface area (Å²) in [6.45, 7) is 3.83. The van der Waals surface area contributed by atoms with E-state index >= 15 is 0 Å². The maximum absolute atomic E-state index is 12.7. The van der Waals surface area contributed by atoms with Crippen LogP contribution >= 0.6 is 0 Å². The minimum Gasteiger partial charge on any atom is -0.484 e. The number of amides is 1. The molecule has 0 saturated carbocycles. The largest absolute Gasteiger partial charge is 0.484 e. The Morgan fingerprint density at radius 3 is 2.85 bits per heavy atom. The Hall–Kier alpha value is -2.55. The fraction of sp³-hybridized carbons (Fsp3) is 0.444. The molecule has 2 aromatic rings. The fourth-order valence-corrected chi connectivity index (χ4v) is 2.78. The van der Waals surface area contributed by atoms with E-state index in [1.807, 2.05) is 14.0 Å². The van der Waals surface area contributed by atoms with E-state index in [4.69, 9.17) is 9.15 Å². The van der Waals surface area contributed by atoms with E-state index in [0.29, 0.717) is 13.1 Å². The molecule has 1 amide bonds. The van der Waals surface area contributed by atoms with E-state index < -0.39 is 11.7 Å². The van der Waals surface area contributed by atoms with Crippen molar-refractivity contribution in [3.63, 3.8) is 0 Å². The van der Waals surface area contributed by atoms with Gasteiger partial charge in [-0.3, -0.25) is 4.79 Å². The zero-order chi connectivity index (χ0) is 19.6. The van der Waals surface area contributed by atoms with E-state index in [2.05, 4.69) is 9.88 Å². The van der Waals surface area contributed by atoms with Gasteiger partial charge in [-0.25, -0.2) is 4.98 Å². The predicted molar refractivity (Wildman–Crippen MR) is 90.3 cm³/mol. The number of oxazole rings is 1. The summed E-state index contributed by atoms with van der Waals surface area (Å²) in [5, 5.41) is 0. The summed E-state index contributed by atoms with van der Waals surface area (Å²) in [4.78, 5) is 20.5. The third kappa shape index (κ3) is 4.60. The molecule has 0 spiro atoms. The van der Waals surface area contributed by atoms with Gasteiger partial charge in [0.25, 0.3) is 5.91 Å². The average Bonchev–Trinajstić information content (AvgIpc) is 3.10. The molecule has 1 fully saturated rings. The lowest BCUT2D eigenvalue weighted by Gasteiger charge is -2.37. The number of halogens is 3. The van der Waals surface area contributed by atoms with E-state index in [1.165, 1.54) is 18.4 Å². The number of carbonyl (C=O) groups excluding carboxylic acids is 1. The SMILES string of the molecule is C[C@H]1CN(C(=O)c2coc(COc3cccc(C(F)(F)F)c3)n2)CCN1C. The van der Waals surface area contributed by atoms with Crippen LogP contribution in [-0.2, 0) is 12.8 Å². The maximum atomic E-state index is 12.7. The Morgan fingerprint density at radius 1 is 1.37 bits per heavy atom. The summed E-state index contributed by atoms with van der Waals surface area (Å²) < 4.78 is 48.7. The number of piperazine rings is 1. The van der Waals surface area contributed by atoms with Gasteiger partial charge >= 0.3 is 6.18 Å². The molecule has 0 bridgehead atoms. The number of alkyl halides is 3. The molecule has 1 aliphatic heterocycles. The number of nitrogens with zero attached hydrogens (tertiary/aromatic N) is 3. The van der Waals surface area contributed by atoms with Crippen LogP contribution < -0.4 is 4.74 Å². The number of likely N-dealkylation sites (N-methyl/N-ethyl adjacent to an activating group) is 1. The van der Waals surface area contributed by atoms with Crippen molar-refractivity contribution < 1.29 is 27.1 Å². The molecule has 1 aromatic heterocycles. The highest BCUT2D eigenvalue weighted by molar-refractivity contribution is 5.92. The molecule has 27 heavy (non-hydrogen) atoms. The second-order valence-electron chi connectivity index (χ2n) is 6.52. The van der Waals surface area contributed by atoms with Gasteiger partial charge in [-0.15, -0.1) is 0 Å². The van der Waals surface area contributed by atoms with Crippen molar-refractivity contribution >= 4 is 5.91 Å². The quantitative estimate of drug-likeness (QED) is 0.812. The maximum Gasteiger partial charge on any atom is 0.416 e. The number of ether oxygens (including phenoxy) is 1. The monoisotopic (exact) mass is 383 g/mol. The Balaban J connectivity index is 1.61. The molecule has 1 aromatic carbocycles. The first-order valence-electron chi connectivity index (χ1n) is 8.48. The molecule has 1 aliphatic rings. The summed E-state index contributed by atoms with van der Waals surface area (Å²) in [7, 11) is 2.01. The van der Waals surface area contributed by atoms with Crippen LogP contribution in [0.2, 0.25) is 0 Å². The molecule has 0 unspecified atom stereocenters. The van der Waals surface area contributed by atoms with Gasteiger partial charge in [-0.05, 0) is 32.2 Å². The third-order valence-corrected chi connectivity index (χ3v) is 4.54. The van der Waals surface area contributed by atoms with E-state index in [0.717, 1.165) is 18.7 Å². The molecule has 146 valence electrons. The fourth-order valence-electron chi connectivity index (χ4n) is 2.78. The molecule has 1 saturated heterocycles. The normalized spacial score (nSPS) is 18.6. The van der Waals surface area contributed by atoms with Gasteiger partial charge in [0.2, 0.25) is 5.89 Å². The van der Waals surface area contributed by atoms with Crippen molar-refractivity contribution in [3.05, 3.63) is 47.7 Å². The van der Waals surface area contributed by atoms with Gasteiger partial charge in [-0.2, -0.15) is 13.2 Å². The standard InChI is InChI=1S/C18H20F3N3O3/c1-12-9-24(7-6-23(12)2)17(25)15-10-27-16(22-15)11-26-14-5-3-4-13(8-14)18(19,20)21/h3-5,8,10,12H,6-7,9,11H2,1-2H3/t12-/m0/s1. The number of benzene rings is 1. The van der Waals surface area contributed by atoms with E-state index in [1.54, 1.807) is 4.90 Å². The van der Waals surface area contributed by atoms with Crippen LogP contribution in [0.5, 0.6) is 5.75 Å². The van der Waals surface area contributed by atoms with Crippen LogP contribution in [0.4, 0.5) is 13.2 Å². The number of hydrogen-bond donors (Lipinski definition) is 0. The average molecular weight is 383 g/mol. The molecule has 9 heteroatoms. The molecular weight excluding hydrogens is 363 g/mol. The van der Waals surface area contributed by atoms with Gasteiger partial charge < -0.3 is 19.0 Å². The van der Waals surface area contributed by atoms with Gasteiger partial charge in [0, 0.05) is 25.7 Å². The Bertz CT molecular complexity index is 806. The summed E-state index contributed by atoms with van der Waals surface area (Å²) in [5.41, 5.74) is -0.637. The zero-order valence-electron chi connectivity index (χ0n) is 15.0. The molecule has 0 aliphatic carbocycles. The van der Waals surface area contributed by atoms with Crippen molar-refractivity contribution in [1.82, 2.24) is 14.8 Å². The number of rotatable bonds is 4. The van der Waals surface area contributed by atoms with Crippen LogP contribution in [0, 0.1) is 0 Å². The van der Waals surface area contributed by atoms with Crippen LogP contribution in [0.25, 0.3) is 0 Å². The smallest absolute Gasteiger partial charge is 0.416 e. The Morgan fingerprint density at radius 2 is 2.15 bits per heavy atom. The lowest BCUT2D eigenvalue weighted by molar-refractivity contribution is -0.137. The summed E-state index contributed by atoms with van der Waals surface area (Å²) >= 11 is 0. The molecule has 3 rings (SSSR count). The number of hydrogen-bond acceptors (Lipinski definition) is 5. The van der Waals surface area contributed by atoms with Crippen molar-refractivity contribution in [2.75, 3.05) is 26.7 Å². The predicted octanol–water partition coefficient (Wildman–Crippen LogP) is 3.05. The first-order valence-corrected chi connectivity index (χ1v) is 8.48. The number of carbonyl (C=O) groups is 1. The zero-order valence-corrected chi connectivity index (χ0v) is 15.0. The molecular formula is C18H20F3N3O3. The van der Waals surface area contributed by atoms with Crippen molar-refractivity contribution in [1.29, 1.82) is 0 Å². The minimum atomic E-state index is -4.44. The van der Waals surface area contributed by atoms with Gasteiger partial charge in [0.05, 0.1) is 5.56 Å². The molecule has 0 radical (unpaired) electrons. The number of aromatic nitrogens is 1. The van der Waals surface area contributed by atoms with Crippen LogP contribution in [0.3, 0.4) is 0 Å². The highest BCUT2D eigenvalue weighted by atomic mass is 19.4. The summed E-state index contributed by atoms with van der Waals surface area (Å²) in [5.74, 6) is -0.0641. The van der Waals surface area contributed by atoms with Crippen LogP contribution in [-0.4, -0.2) is 53.4 Å². The second-order valence-corrected chi connectivity index (χ2v) is 6.52. The highest BCUT2D eigenvalue weighted by Crippen LogP contribution is 2.31. The molecule has 6 nitrogen and oxygen atoms in total. The van der Waals surface area contributed by atoms with E-state index in [9.17, 15) is 18.0 Å². The summed E-state index contributed by atoms with van der Waals surface area (Å²) in [6.07, 6.45) is -3.20. The van der Waals surface area contributed by atoms with Gasteiger partial charge in [0.15, 0.2) is 12.3 Å². The van der Waals surface area contributed by atoms with Crippen LogP contribution in [0.1, 0.15) is 28.9 Å².